The Labute approximate surface area is 101 Å². The summed E-state index contributed by atoms with van der Waals surface area (Å²) in [4.78, 5) is 10.5. The van der Waals surface area contributed by atoms with Gasteiger partial charge in [0.15, 0.2) is 0 Å². The van der Waals surface area contributed by atoms with Gasteiger partial charge in [0.25, 0.3) is 0 Å². The molecule has 0 fully saturated rings. The predicted octanol–water partition coefficient (Wildman–Crippen LogP) is 1.26. The van der Waals surface area contributed by atoms with E-state index in [4.69, 9.17) is 16.6 Å². The molecule has 0 aliphatic rings. The number of nitrogens with one attached hydrogen (secondary N) is 1. The van der Waals surface area contributed by atoms with Crippen LogP contribution in [0.5, 0.6) is 0 Å². The molecule has 5 heteroatoms. The third-order valence-corrected chi connectivity index (χ3v) is 2.50. The van der Waals surface area contributed by atoms with Crippen molar-refractivity contribution in [3.05, 3.63) is 24.3 Å². The Morgan fingerprint density at radius 1 is 1.29 bits per heavy atom. The van der Waals surface area contributed by atoms with Crippen LogP contribution in [0.4, 0.5) is 11.4 Å². The van der Waals surface area contributed by atoms with E-state index in [1.807, 2.05) is 24.3 Å². The molecule has 0 radical (unpaired) electrons. The van der Waals surface area contributed by atoms with Gasteiger partial charge in [0, 0.05) is 17.9 Å². The van der Waals surface area contributed by atoms with Crippen molar-refractivity contribution in [2.75, 3.05) is 17.6 Å². The second-order valence-electron chi connectivity index (χ2n) is 3.99. The number of anilines is 2. The van der Waals surface area contributed by atoms with Gasteiger partial charge in [-0.1, -0.05) is 0 Å². The van der Waals surface area contributed by atoms with Gasteiger partial charge in [0.1, 0.15) is 6.04 Å². The van der Waals surface area contributed by atoms with Crippen LogP contribution in [0, 0.1) is 0 Å². The molecule has 1 aromatic rings. The van der Waals surface area contributed by atoms with Gasteiger partial charge < -0.3 is 21.9 Å². The summed E-state index contributed by atoms with van der Waals surface area (Å²) in [5, 5.41) is 11.8. The van der Waals surface area contributed by atoms with Crippen molar-refractivity contribution >= 4 is 17.3 Å². The minimum atomic E-state index is -0.934. The fourth-order valence-corrected chi connectivity index (χ4v) is 1.45. The Morgan fingerprint density at radius 3 is 2.53 bits per heavy atom. The van der Waals surface area contributed by atoms with Gasteiger partial charge in [-0.25, -0.2) is 0 Å². The Hall–Kier alpha value is -1.75. The van der Waals surface area contributed by atoms with E-state index in [1.165, 1.54) is 0 Å². The predicted molar refractivity (Wildman–Crippen MR) is 68.8 cm³/mol. The molecule has 0 bridgehead atoms. The quantitative estimate of drug-likeness (QED) is 0.422. The zero-order valence-electron chi connectivity index (χ0n) is 9.73. The van der Waals surface area contributed by atoms with Crippen molar-refractivity contribution < 1.29 is 9.90 Å². The average molecular weight is 237 g/mol. The fraction of sp³-hybridized carbons (Fsp3) is 0.417. The number of aliphatic carboxylic acids is 1. The summed E-state index contributed by atoms with van der Waals surface area (Å²) >= 11 is 0. The van der Waals surface area contributed by atoms with Gasteiger partial charge in [-0.2, -0.15) is 0 Å². The maximum atomic E-state index is 10.5. The van der Waals surface area contributed by atoms with Gasteiger partial charge in [-0.05, 0) is 43.5 Å². The first-order valence-corrected chi connectivity index (χ1v) is 5.67. The summed E-state index contributed by atoms with van der Waals surface area (Å²) in [5.74, 6) is -0.934. The fourth-order valence-electron chi connectivity index (χ4n) is 1.45. The molecule has 6 N–H and O–H groups in total. The Bertz CT molecular complexity index is 351. The Morgan fingerprint density at radius 2 is 1.94 bits per heavy atom. The van der Waals surface area contributed by atoms with E-state index >= 15 is 0 Å². The number of carboxylic acids is 1. The summed E-state index contributed by atoms with van der Waals surface area (Å²) in [6.07, 6.45) is 2.21. The third-order valence-electron chi connectivity index (χ3n) is 2.50. The molecule has 1 aromatic carbocycles. The minimum absolute atomic E-state index is 0.513. The molecule has 0 saturated heterocycles. The summed E-state index contributed by atoms with van der Waals surface area (Å²) in [6.45, 7) is 0.802. The van der Waals surface area contributed by atoms with Gasteiger partial charge >= 0.3 is 5.97 Å². The van der Waals surface area contributed by atoms with Crippen molar-refractivity contribution in [2.24, 2.45) is 5.73 Å². The lowest BCUT2D eigenvalue weighted by atomic mass is 10.1. The highest BCUT2D eigenvalue weighted by atomic mass is 16.4. The topological polar surface area (TPSA) is 101 Å². The van der Waals surface area contributed by atoms with Crippen LogP contribution in [-0.4, -0.2) is 23.7 Å². The van der Waals surface area contributed by atoms with Crippen molar-refractivity contribution in [2.45, 2.75) is 25.3 Å². The van der Waals surface area contributed by atoms with Crippen LogP contribution in [0.2, 0.25) is 0 Å². The van der Waals surface area contributed by atoms with Crippen molar-refractivity contribution in [1.82, 2.24) is 0 Å². The average Bonchev–Trinajstić information content (AvgIpc) is 2.30. The molecular formula is C12H19N3O2. The molecule has 5 nitrogen and oxygen atoms in total. The summed E-state index contributed by atoms with van der Waals surface area (Å²) in [5.41, 5.74) is 12.7. The smallest absolute Gasteiger partial charge is 0.320 e. The highest BCUT2D eigenvalue weighted by Crippen LogP contribution is 2.10. The van der Waals surface area contributed by atoms with E-state index in [-0.39, 0.29) is 0 Å². The lowest BCUT2D eigenvalue weighted by molar-refractivity contribution is -0.138. The number of rotatable bonds is 7. The first-order chi connectivity index (χ1) is 8.09. The van der Waals surface area contributed by atoms with E-state index in [9.17, 15) is 4.79 Å². The summed E-state index contributed by atoms with van der Waals surface area (Å²) in [7, 11) is 0. The number of hydrogen-bond acceptors (Lipinski definition) is 4. The van der Waals surface area contributed by atoms with E-state index in [2.05, 4.69) is 5.32 Å². The Kier molecular flexibility index (Phi) is 5.29. The number of nitrogen functional groups attached to an aromatic ring is 1. The molecule has 0 saturated carbocycles. The lowest BCUT2D eigenvalue weighted by Gasteiger charge is -2.08. The largest absolute Gasteiger partial charge is 0.480 e. The molecule has 0 aliphatic heterocycles. The van der Waals surface area contributed by atoms with E-state index in [0.717, 1.165) is 30.8 Å². The third kappa shape index (κ3) is 5.21. The van der Waals surface area contributed by atoms with Crippen LogP contribution in [0.25, 0.3) is 0 Å². The van der Waals surface area contributed by atoms with Crippen LogP contribution in [0.15, 0.2) is 24.3 Å². The standard InChI is InChI=1S/C12H19N3O2/c13-9-4-6-10(7-5-9)15-8-2-1-3-11(14)12(16)17/h4-7,11,15H,1-3,8,13-14H2,(H,16,17)/t11-/m0/s1. The molecule has 0 heterocycles. The number of carbonyl (C=O) groups is 1. The second-order valence-corrected chi connectivity index (χ2v) is 3.99. The van der Waals surface area contributed by atoms with Crippen molar-refractivity contribution in [3.8, 4) is 0 Å². The van der Waals surface area contributed by atoms with Gasteiger partial charge in [-0.15, -0.1) is 0 Å². The molecule has 1 atom stereocenters. The Balaban J connectivity index is 2.12. The van der Waals surface area contributed by atoms with Crippen LogP contribution in [0.3, 0.4) is 0 Å². The van der Waals surface area contributed by atoms with E-state index in [0.29, 0.717) is 6.42 Å². The minimum Gasteiger partial charge on any atom is -0.480 e. The number of carboxylic acid groups (broad SMARTS) is 1. The lowest BCUT2D eigenvalue weighted by Crippen LogP contribution is -2.29. The van der Waals surface area contributed by atoms with Gasteiger partial charge in [-0.3, -0.25) is 4.79 Å². The SMILES string of the molecule is Nc1ccc(NCCCC[C@H](N)C(=O)O)cc1. The van der Waals surface area contributed by atoms with E-state index < -0.39 is 12.0 Å². The molecule has 0 amide bonds. The molecular weight excluding hydrogens is 218 g/mol. The molecule has 1 rings (SSSR count). The highest BCUT2D eigenvalue weighted by Gasteiger charge is 2.09. The number of benzene rings is 1. The number of nitrogens with two attached hydrogens (primary N) is 2. The molecule has 94 valence electrons. The molecule has 0 spiro atoms. The van der Waals surface area contributed by atoms with Crippen molar-refractivity contribution in [1.29, 1.82) is 0 Å². The van der Waals surface area contributed by atoms with Gasteiger partial charge in [0.2, 0.25) is 0 Å². The van der Waals surface area contributed by atoms with Gasteiger partial charge in [0.05, 0.1) is 0 Å². The van der Waals surface area contributed by atoms with Crippen LogP contribution in [0.1, 0.15) is 19.3 Å². The van der Waals surface area contributed by atoms with E-state index in [1.54, 1.807) is 0 Å². The van der Waals surface area contributed by atoms with Crippen LogP contribution < -0.4 is 16.8 Å². The highest BCUT2D eigenvalue weighted by molar-refractivity contribution is 5.72. The maximum absolute atomic E-state index is 10.5. The van der Waals surface area contributed by atoms with Crippen molar-refractivity contribution in [3.63, 3.8) is 0 Å². The number of hydrogen-bond donors (Lipinski definition) is 4. The maximum Gasteiger partial charge on any atom is 0.320 e. The molecule has 0 unspecified atom stereocenters. The molecule has 0 aromatic heterocycles. The monoisotopic (exact) mass is 237 g/mol. The normalized spacial score (nSPS) is 12.1. The van der Waals surface area contributed by atoms with Crippen LogP contribution in [-0.2, 0) is 4.79 Å². The molecule has 17 heavy (non-hydrogen) atoms. The number of unbranched alkanes of at least 4 members (excludes halogenated alkanes) is 1. The first kappa shape index (κ1) is 13.3. The molecule has 0 aliphatic carbocycles. The zero-order valence-corrected chi connectivity index (χ0v) is 9.73. The van der Waals surface area contributed by atoms with Crippen LogP contribution >= 0.6 is 0 Å². The second kappa shape index (κ2) is 6.75. The first-order valence-electron chi connectivity index (χ1n) is 5.67. The zero-order chi connectivity index (χ0) is 12.7. The summed E-state index contributed by atoms with van der Waals surface area (Å²) < 4.78 is 0. The summed E-state index contributed by atoms with van der Waals surface area (Å²) in [6, 6.07) is 6.76.